The van der Waals surface area contributed by atoms with E-state index in [4.69, 9.17) is 4.74 Å². The molecule has 0 unspecified atom stereocenters. The molecule has 0 saturated carbocycles. The highest BCUT2D eigenvalue weighted by Gasteiger charge is 2.11. The molecule has 1 saturated heterocycles. The summed E-state index contributed by atoms with van der Waals surface area (Å²) in [7, 11) is 0. The van der Waals surface area contributed by atoms with Gasteiger partial charge in [-0.3, -0.25) is 4.90 Å². The van der Waals surface area contributed by atoms with Gasteiger partial charge in [0, 0.05) is 18.2 Å². The van der Waals surface area contributed by atoms with Gasteiger partial charge in [0.05, 0.1) is 6.61 Å². The van der Waals surface area contributed by atoms with Crippen LogP contribution in [0.1, 0.15) is 51.0 Å². The quantitative estimate of drug-likeness (QED) is 0.884. The summed E-state index contributed by atoms with van der Waals surface area (Å²) in [5.74, 6) is 1.13. The lowest BCUT2D eigenvalue weighted by Crippen LogP contribution is -2.26. The van der Waals surface area contributed by atoms with Crippen LogP contribution >= 0.6 is 0 Å². The zero-order valence-corrected chi connectivity index (χ0v) is 12.6. The molecule has 1 aliphatic heterocycles. The number of likely N-dealkylation sites (tertiary alicyclic amines) is 1. The van der Waals surface area contributed by atoms with Gasteiger partial charge in [-0.05, 0) is 38.4 Å². The van der Waals surface area contributed by atoms with Gasteiger partial charge >= 0.3 is 0 Å². The fourth-order valence-electron chi connectivity index (χ4n) is 2.70. The van der Waals surface area contributed by atoms with E-state index in [1.165, 1.54) is 32.1 Å². The summed E-state index contributed by atoms with van der Waals surface area (Å²) in [5, 5.41) is 10.1. The first-order chi connectivity index (χ1) is 9.79. The third kappa shape index (κ3) is 4.71. The van der Waals surface area contributed by atoms with E-state index in [2.05, 4.69) is 11.8 Å². The van der Waals surface area contributed by atoms with Crippen molar-refractivity contribution in [3.8, 4) is 11.5 Å². The third-order valence-electron chi connectivity index (χ3n) is 3.87. The van der Waals surface area contributed by atoms with Crippen molar-refractivity contribution in [2.45, 2.75) is 52.0 Å². The number of phenols is 1. The van der Waals surface area contributed by atoms with Gasteiger partial charge in [-0.1, -0.05) is 32.3 Å². The van der Waals surface area contributed by atoms with Crippen molar-refractivity contribution >= 4 is 0 Å². The summed E-state index contributed by atoms with van der Waals surface area (Å²) in [4.78, 5) is 2.46. The van der Waals surface area contributed by atoms with Gasteiger partial charge in [-0.15, -0.1) is 0 Å². The summed E-state index contributed by atoms with van der Waals surface area (Å²) in [5.41, 5.74) is 1.01. The molecule has 0 aliphatic carbocycles. The first kappa shape index (κ1) is 15.2. The number of ether oxygens (including phenoxy) is 1. The third-order valence-corrected chi connectivity index (χ3v) is 3.87. The van der Waals surface area contributed by atoms with Gasteiger partial charge in [-0.2, -0.15) is 0 Å². The van der Waals surface area contributed by atoms with Gasteiger partial charge < -0.3 is 9.84 Å². The van der Waals surface area contributed by atoms with Crippen LogP contribution in [0.5, 0.6) is 11.5 Å². The minimum Gasteiger partial charge on any atom is -0.507 e. The maximum absolute atomic E-state index is 10.1. The second-order valence-corrected chi connectivity index (χ2v) is 5.68. The molecule has 0 bridgehead atoms. The van der Waals surface area contributed by atoms with Gasteiger partial charge in [0.15, 0.2) is 0 Å². The largest absolute Gasteiger partial charge is 0.507 e. The number of hydrogen-bond donors (Lipinski definition) is 1. The Balaban J connectivity index is 1.93. The van der Waals surface area contributed by atoms with Crippen molar-refractivity contribution in [3.05, 3.63) is 23.8 Å². The molecule has 1 heterocycles. The fraction of sp³-hybridized carbons (Fsp3) is 0.647. The van der Waals surface area contributed by atoms with E-state index in [1.54, 1.807) is 6.07 Å². The van der Waals surface area contributed by atoms with Crippen molar-refractivity contribution in [2.24, 2.45) is 0 Å². The Labute approximate surface area is 122 Å². The molecular weight excluding hydrogens is 250 g/mol. The Morgan fingerprint density at radius 3 is 2.45 bits per heavy atom. The SMILES string of the molecule is CCCOc1ccc(CN2CCCCCCC2)c(O)c1. The van der Waals surface area contributed by atoms with E-state index >= 15 is 0 Å². The number of phenolic OH excluding ortho intramolecular Hbond substituents is 1. The van der Waals surface area contributed by atoms with E-state index < -0.39 is 0 Å². The first-order valence-corrected chi connectivity index (χ1v) is 7.96. The standard InChI is InChI=1S/C17H27NO2/c1-2-12-20-16-9-8-15(17(19)13-16)14-18-10-6-4-3-5-7-11-18/h8-9,13,19H,2-7,10-12,14H2,1H3. The van der Waals surface area contributed by atoms with Crippen LogP contribution in [0.2, 0.25) is 0 Å². The topological polar surface area (TPSA) is 32.7 Å². The van der Waals surface area contributed by atoms with Crippen LogP contribution in [0.15, 0.2) is 18.2 Å². The predicted molar refractivity (Wildman–Crippen MR) is 82.3 cm³/mol. The molecular formula is C17H27NO2. The van der Waals surface area contributed by atoms with E-state index in [0.717, 1.165) is 37.4 Å². The Morgan fingerprint density at radius 2 is 1.80 bits per heavy atom. The lowest BCUT2D eigenvalue weighted by atomic mass is 10.1. The zero-order valence-electron chi connectivity index (χ0n) is 12.6. The number of benzene rings is 1. The van der Waals surface area contributed by atoms with Crippen LogP contribution in [0.25, 0.3) is 0 Å². The molecule has 20 heavy (non-hydrogen) atoms. The predicted octanol–water partition coefficient (Wildman–Crippen LogP) is 3.95. The van der Waals surface area contributed by atoms with Gasteiger partial charge in [0.1, 0.15) is 11.5 Å². The van der Waals surface area contributed by atoms with Crippen molar-refractivity contribution in [1.82, 2.24) is 4.90 Å². The van der Waals surface area contributed by atoms with Crippen molar-refractivity contribution in [3.63, 3.8) is 0 Å². The van der Waals surface area contributed by atoms with E-state index in [0.29, 0.717) is 12.4 Å². The lowest BCUT2D eigenvalue weighted by Gasteiger charge is -2.24. The Kier molecular flexibility index (Phi) is 6.19. The second kappa shape index (κ2) is 8.15. The molecule has 1 fully saturated rings. The Hall–Kier alpha value is -1.22. The van der Waals surface area contributed by atoms with Gasteiger partial charge in [0.2, 0.25) is 0 Å². The maximum atomic E-state index is 10.1. The molecule has 112 valence electrons. The molecule has 0 amide bonds. The molecule has 0 radical (unpaired) electrons. The normalized spacial score (nSPS) is 17.4. The average Bonchev–Trinajstić information content (AvgIpc) is 2.41. The second-order valence-electron chi connectivity index (χ2n) is 5.68. The summed E-state index contributed by atoms with van der Waals surface area (Å²) in [6.45, 7) is 5.92. The minimum absolute atomic E-state index is 0.362. The summed E-state index contributed by atoms with van der Waals surface area (Å²) in [6, 6.07) is 5.71. The van der Waals surface area contributed by atoms with Crippen LogP contribution in [-0.2, 0) is 6.54 Å². The Bertz CT molecular complexity index is 398. The fourth-order valence-corrected chi connectivity index (χ4v) is 2.70. The van der Waals surface area contributed by atoms with Crippen LogP contribution < -0.4 is 4.74 Å². The van der Waals surface area contributed by atoms with Crippen LogP contribution in [0.3, 0.4) is 0 Å². The smallest absolute Gasteiger partial charge is 0.123 e. The monoisotopic (exact) mass is 277 g/mol. The van der Waals surface area contributed by atoms with E-state index in [9.17, 15) is 5.11 Å². The number of aromatic hydroxyl groups is 1. The molecule has 2 rings (SSSR count). The number of hydrogen-bond acceptors (Lipinski definition) is 3. The molecule has 1 N–H and O–H groups in total. The zero-order chi connectivity index (χ0) is 14.2. The Morgan fingerprint density at radius 1 is 1.10 bits per heavy atom. The van der Waals surface area contributed by atoms with Crippen molar-refractivity contribution < 1.29 is 9.84 Å². The minimum atomic E-state index is 0.362. The molecule has 0 atom stereocenters. The van der Waals surface area contributed by atoms with E-state index in [1.807, 2.05) is 12.1 Å². The molecule has 1 aliphatic rings. The first-order valence-electron chi connectivity index (χ1n) is 7.96. The number of rotatable bonds is 5. The molecule has 1 aromatic rings. The average molecular weight is 277 g/mol. The summed E-state index contributed by atoms with van der Waals surface area (Å²) >= 11 is 0. The highest BCUT2D eigenvalue weighted by atomic mass is 16.5. The van der Waals surface area contributed by atoms with Crippen molar-refractivity contribution in [1.29, 1.82) is 0 Å². The molecule has 0 aromatic heterocycles. The molecule has 3 nitrogen and oxygen atoms in total. The molecule has 1 aromatic carbocycles. The molecule has 3 heteroatoms. The van der Waals surface area contributed by atoms with Gasteiger partial charge in [0.25, 0.3) is 0 Å². The van der Waals surface area contributed by atoms with Crippen LogP contribution in [-0.4, -0.2) is 29.7 Å². The maximum Gasteiger partial charge on any atom is 0.123 e. The lowest BCUT2D eigenvalue weighted by molar-refractivity contribution is 0.236. The van der Waals surface area contributed by atoms with Crippen LogP contribution in [0.4, 0.5) is 0 Å². The van der Waals surface area contributed by atoms with Crippen molar-refractivity contribution in [2.75, 3.05) is 19.7 Å². The summed E-state index contributed by atoms with van der Waals surface area (Å²) < 4.78 is 5.54. The highest BCUT2D eigenvalue weighted by molar-refractivity contribution is 5.39. The summed E-state index contributed by atoms with van der Waals surface area (Å²) in [6.07, 6.45) is 7.59. The van der Waals surface area contributed by atoms with Crippen LogP contribution in [0, 0.1) is 0 Å². The molecule has 0 spiro atoms. The highest BCUT2D eigenvalue weighted by Crippen LogP contribution is 2.25. The van der Waals surface area contributed by atoms with E-state index in [-0.39, 0.29) is 0 Å². The van der Waals surface area contributed by atoms with Gasteiger partial charge in [-0.25, -0.2) is 0 Å². The number of nitrogens with zero attached hydrogens (tertiary/aromatic N) is 1.